The number of aliphatic hydroxyl groups is 6. The van der Waals surface area contributed by atoms with Gasteiger partial charge in [-0.05, 0) is 115 Å². The van der Waals surface area contributed by atoms with Crippen LogP contribution in [0, 0.1) is 56.7 Å². The lowest BCUT2D eigenvalue weighted by Gasteiger charge is -2.71. The second-order valence-corrected chi connectivity index (χ2v) is 21.3. The van der Waals surface area contributed by atoms with E-state index in [1.165, 1.54) is 5.57 Å². The lowest BCUT2D eigenvalue weighted by atomic mass is 9.33. The van der Waals surface area contributed by atoms with Gasteiger partial charge in [0.25, 0.3) is 0 Å². The minimum atomic E-state index is -1.81. The predicted octanol–water partition coefficient (Wildman–Crippen LogP) is 4.09. The van der Waals surface area contributed by atoms with Crippen LogP contribution >= 0.6 is 0 Å². The highest BCUT2D eigenvalue weighted by atomic mass is 16.8. The Morgan fingerprint density at radius 2 is 1.52 bits per heavy atom. The van der Waals surface area contributed by atoms with Crippen LogP contribution in [-0.4, -0.2) is 128 Å². The van der Waals surface area contributed by atoms with E-state index in [0.717, 1.165) is 51.4 Å². The molecule has 0 bridgehead atoms. The molecule has 14 heteroatoms. The molecular weight excluding hydrogens is 776 g/mol. The van der Waals surface area contributed by atoms with Gasteiger partial charge in [0, 0.05) is 0 Å². The zero-order valence-electron chi connectivity index (χ0n) is 37.0. The van der Waals surface area contributed by atoms with E-state index in [2.05, 4.69) is 54.5 Å². The summed E-state index contributed by atoms with van der Waals surface area (Å²) in [6, 6.07) is 0. The molecule has 2 aliphatic heterocycles. The van der Waals surface area contributed by atoms with Gasteiger partial charge in [0.15, 0.2) is 18.7 Å². The SMILES string of the molecule is CCCCOC(=O)[C@H]1O[C@@H](O[C@H]2CC[C@]3(C)[C@H]4CC=C5[C@@H]6[C@@H](C)[C@H](C)CC[C@]6(C(=O)O)CC[C@@]5(C)[C@]4(C)CC[C@H]3C2(C)C)[C@H](O[C@@H]2O[C@H](CO)[C@H](O)[C@H](O)[C@H]2O)[C@@H](O)[C@@H]1O. The minimum Gasteiger partial charge on any atom is -0.481 e. The number of allylic oxidation sites excluding steroid dienone is 2. The first-order valence-corrected chi connectivity index (χ1v) is 22.9. The molecule has 7 rings (SSSR count). The monoisotopic (exact) mass is 851 g/mol. The standard InChI is InChI=1S/C46H74O14/c1-9-10-21-56-38(53)36-33(50)34(51)37(60-39-35(52)32(49)31(48)26(22-47)57-39)40(59-36)58-29-15-16-43(6)27(42(29,4)5)14-17-45(8)28(43)12-11-25-30-24(3)23(2)13-18-46(30,41(54)55)20-19-44(25,45)7/h11,23-24,26-37,39-40,47-52H,9-10,12-22H2,1-8H3,(H,54,55)/t23-,24+,26-,27+,28-,29+,30+,31+,32+,33+,34+,35-,36+,37-,39+,40-,43+,44-,45-,46+/m1/s1. The Morgan fingerprint density at radius 1 is 0.800 bits per heavy atom. The molecule has 0 amide bonds. The number of fused-ring (bicyclic) bond motifs is 7. The van der Waals surface area contributed by atoms with Crippen molar-refractivity contribution in [1.29, 1.82) is 0 Å². The third kappa shape index (κ3) is 7.04. The Bertz CT molecular complexity index is 1620. The molecule has 60 heavy (non-hydrogen) atoms. The second kappa shape index (κ2) is 16.7. The molecule has 2 saturated heterocycles. The second-order valence-electron chi connectivity index (χ2n) is 21.3. The number of hydrogen-bond donors (Lipinski definition) is 7. The molecule has 4 saturated carbocycles. The summed E-state index contributed by atoms with van der Waals surface area (Å²) in [6.07, 6.45) is -5.55. The summed E-state index contributed by atoms with van der Waals surface area (Å²) < 4.78 is 30.1. The summed E-state index contributed by atoms with van der Waals surface area (Å²) in [5.74, 6) is -0.211. The molecule has 2 heterocycles. The van der Waals surface area contributed by atoms with Crippen LogP contribution in [0.3, 0.4) is 0 Å². The Kier molecular flexibility index (Phi) is 12.9. The number of aliphatic hydroxyl groups excluding tert-OH is 6. The summed E-state index contributed by atoms with van der Waals surface area (Å²) in [5, 5.41) is 75.2. The van der Waals surface area contributed by atoms with Crippen molar-refractivity contribution in [2.75, 3.05) is 13.2 Å². The van der Waals surface area contributed by atoms with E-state index in [1.807, 2.05) is 6.92 Å². The smallest absolute Gasteiger partial charge is 0.338 e. The Hall–Kier alpha value is -1.72. The largest absolute Gasteiger partial charge is 0.481 e. The van der Waals surface area contributed by atoms with Crippen molar-refractivity contribution < 1.29 is 69.0 Å². The lowest BCUT2D eigenvalue weighted by molar-refractivity contribution is -0.374. The molecule has 6 fully saturated rings. The van der Waals surface area contributed by atoms with Crippen LogP contribution < -0.4 is 0 Å². The Labute approximate surface area is 355 Å². The fourth-order valence-corrected chi connectivity index (χ4v) is 14.3. The molecule has 14 nitrogen and oxygen atoms in total. The number of carboxylic acid groups (broad SMARTS) is 1. The number of hydrogen-bond acceptors (Lipinski definition) is 13. The molecule has 7 aliphatic rings. The third-order valence-corrected chi connectivity index (χ3v) is 18.3. The van der Waals surface area contributed by atoms with E-state index < -0.39 is 96.9 Å². The van der Waals surface area contributed by atoms with Gasteiger partial charge in [0.05, 0.1) is 24.7 Å². The maximum atomic E-state index is 13.3. The van der Waals surface area contributed by atoms with Gasteiger partial charge in [-0.3, -0.25) is 4.79 Å². The Balaban J connectivity index is 1.16. The molecular formula is C46H74O14. The van der Waals surface area contributed by atoms with Crippen molar-refractivity contribution >= 4 is 11.9 Å². The van der Waals surface area contributed by atoms with Gasteiger partial charge < -0.3 is 59.4 Å². The number of ether oxygens (including phenoxy) is 5. The van der Waals surface area contributed by atoms with Gasteiger partial charge in [0.2, 0.25) is 0 Å². The van der Waals surface area contributed by atoms with Gasteiger partial charge in [-0.1, -0.05) is 73.5 Å². The molecule has 0 aromatic carbocycles. The number of carbonyl (C=O) groups is 2. The number of carbonyl (C=O) groups excluding carboxylic acids is 1. The van der Waals surface area contributed by atoms with Gasteiger partial charge in [-0.15, -0.1) is 0 Å². The molecule has 0 spiro atoms. The summed E-state index contributed by atoms with van der Waals surface area (Å²) in [6.45, 7) is 17.6. The molecule has 7 N–H and O–H groups in total. The summed E-state index contributed by atoms with van der Waals surface area (Å²) in [4.78, 5) is 26.4. The van der Waals surface area contributed by atoms with E-state index in [1.54, 1.807) is 0 Å². The van der Waals surface area contributed by atoms with Crippen LogP contribution in [0.15, 0.2) is 11.6 Å². The number of rotatable bonds is 10. The number of unbranched alkanes of at least 4 members (excludes halogenated alkanes) is 1. The van der Waals surface area contributed by atoms with E-state index in [9.17, 15) is 45.3 Å². The average Bonchev–Trinajstić information content (AvgIpc) is 3.20. The van der Waals surface area contributed by atoms with Gasteiger partial charge in [0.1, 0.15) is 42.7 Å². The highest BCUT2D eigenvalue weighted by molar-refractivity contribution is 5.77. The van der Waals surface area contributed by atoms with Crippen molar-refractivity contribution in [2.45, 2.75) is 194 Å². The molecule has 0 aromatic heterocycles. The summed E-state index contributed by atoms with van der Waals surface area (Å²) >= 11 is 0. The van der Waals surface area contributed by atoms with Gasteiger partial charge in [-0.25, -0.2) is 4.79 Å². The Morgan fingerprint density at radius 3 is 2.18 bits per heavy atom. The first kappa shape index (κ1) is 46.3. The van der Waals surface area contributed by atoms with Crippen LogP contribution in [0.25, 0.3) is 0 Å². The molecule has 342 valence electrons. The summed E-state index contributed by atoms with van der Waals surface area (Å²) in [5.41, 5.74) is -0.0874. The molecule has 5 aliphatic carbocycles. The molecule has 0 unspecified atom stereocenters. The van der Waals surface area contributed by atoms with Crippen molar-refractivity contribution in [1.82, 2.24) is 0 Å². The highest BCUT2D eigenvalue weighted by Gasteiger charge is 2.70. The van der Waals surface area contributed by atoms with Crippen LogP contribution in [0.1, 0.15) is 126 Å². The topological polar surface area (TPSA) is 222 Å². The van der Waals surface area contributed by atoms with Crippen LogP contribution in [0.5, 0.6) is 0 Å². The highest BCUT2D eigenvalue weighted by Crippen LogP contribution is 2.76. The van der Waals surface area contributed by atoms with Gasteiger partial charge >= 0.3 is 11.9 Å². The minimum absolute atomic E-state index is 0.0247. The first-order valence-electron chi connectivity index (χ1n) is 22.9. The lowest BCUT2D eigenvalue weighted by Crippen LogP contribution is -2.67. The van der Waals surface area contributed by atoms with E-state index in [0.29, 0.717) is 31.1 Å². The molecule has 20 atom stereocenters. The van der Waals surface area contributed by atoms with Crippen LogP contribution in [0.4, 0.5) is 0 Å². The molecule has 0 radical (unpaired) electrons. The summed E-state index contributed by atoms with van der Waals surface area (Å²) in [7, 11) is 0. The molecule has 0 aromatic rings. The van der Waals surface area contributed by atoms with Crippen molar-refractivity contribution in [3.05, 3.63) is 11.6 Å². The predicted molar refractivity (Wildman–Crippen MR) is 217 cm³/mol. The maximum absolute atomic E-state index is 13.3. The normalized spacial score (nSPS) is 51.2. The van der Waals surface area contributed by atoms with Crippen molar-refractivity contribution in [3.63, 3.8) is 0 Å². The van der Waals surface area contributed by atoms with E-state index in [4.69, 9.17) is 23.7 Å². The quantitative estimate of drug-likeness (QED) is 0.0713. The zero-order chi connectivity index (χ0) is 43.9. The fourth-order valence-electron chi connectivity index (χ4n) is 14.3. The number of carboxylic acids is 1. The van der Waals surface area contributed by atoms with E-state index in [-0.39, 0.29) is 40.6 Å². The average molecular weight is 851 g/mol. The van der Waals surface area contributed by atoms with Crippen LogP contribution in [-0.2, 0) is 33.3 Å². The first-order chi connectivity index (χ1) is 28.1. The number of aliphatic carboxylic acids is 1. The fraction of sp³-hybridized carbons (Fsp3) is 0.913. The zero-order valence-corrected chi connectivity index (χ0v) is 37.0. The number of esters is 1. The maximum Gasteiger partial charge on any atom is 0.338 e. The van der Waals surface area contributed by atoms with Crippen molar-refractivity contribution in [2.24, 2.45) is 56.7 Å². The van der Waals surface area contributed by atoms with Crippen molar-refractivity contribution in [3.8, 4) is 0 Å². The van der Waals surface area contributed by atoms with Gasteiger partial charge in [-0.2, -0.15) is 0 Å². The van der Waals surface area contributed by atoms with E-state index >= 15 is 0 Å². The van der Waals surface area contributed by atoms with Crippen LogP contribution in [0.2, 0.25) is 0 Å². The third-order valence-electron chi connectivity index (χ3n) is 18.3.